The Hall–Kier alpha value is -2.72. The fraction of sp³-hybridized carbons (Fsp3) is 0.235. The minimum Gasteiger partial charge on any atom is -0.496 e. The molecule has 0 aliphatic heterocycles. The maximum Gasteiger partial charge on any atom is 0.387 e. The number of hydrogen-bond acceptors (Lipinski definition) is 5. The second-order valence-electron chi connectivity index (χ2n) is 5.44. The van der Waals surface area contributed by atoms with Crippen molar-refractivity contribution >= 4 is 15.9 Å². The quantitative estimate of drug-likeness (QED) is 0.704. The first-order chi connectivity index (χ1) is 12.7. The van der Waals surface area contributed by atoms with Crippen LogP contribution in [-0.4, -0.2) is 34.6 Å². The Morgan fingerprint density at radius 2 is 1.85 bits per heavy atom. The summed E-state index contributed by atoms with van der Waals surface area (Å²) in [7, 11) is -2.61. The van der Waals surface area contributed by atoms with Gasteiger partial charge < -0.3 is 14.8 Å². The number of halogens is 2. The number of nitrogens with two attached hydrogens (primary N) is 1. The van der Waals surface area contributed by atoms with Crippen molar-refractivity contribution in [1.29, 1.82) is 0 Å². The number of primary sulfonamides is 1. The van der Waals surface area contributed by atoms with Gasteiger partial charge in [0.15, 0.2) is 0 Å². The van der Waals surface area contributed by atoms with Gasteiger partial charge in [-0.15, -0.1) is 0 Å². The molecule has 2 aromatic carbocycles. The number of rotatable bonds is 8. The van der Waals surface area contributed by atoms with Gasteiger partial charge in [-0.1, -0.05) is 12.1 Å². The maximum absolute atomic E-state index is 12.3. The number of sulfonamides is 1. The van der Waals surface area contributed by atoms with Crippen LogP contribution < -0.4 is 19.9 Å². The molecule has 0 spiro atoms. The number of nitrogens with one attached hydrogen (secondary N) is 1. The van der Waals surface area contributed by atoms with E-state index in [0.717, 1.165) is 11.6 Å². The van der Waals surface area contributed by atoms with Gasteiger partial charge in [-0.3, -0.25) is 4.79 Å². The zero-order valence-corrected chi connectivity index (χ0v) is 15.1. The molecule has 0 aliphatic carbocycles. The van der Waals surface area contributed by atoms with E-state index in [0.29, 0.717) is 6.42 Å². The van der Waals surface area contributed by atoms with Crippen molar-refractivity contribution in [3.63, 3.8) is 0 Å². The molecule has 0 unspecified atom stereocenters. The number of alkyl halides is 2. The van der Waals surface area contributed by atoms with Crippen LogP contribution in [0, 0.1) is 0 Å². The predicted octanol–water partition coefficient (Wildman–Crippen LogP) is 1.92. The molecule has 0 fully saturated rings. The van der Waals surface area contributed by atoms with E-state index in [-0.39, 0.29) is 28.5 Å². The molecule has 7 nitrogen and oxygen atoms in total. The van der Waals surface area contributed by atoms with E-state index in [9.17, 15) is 22.0 Å². The second kappa shape index (κ2) is 8.78. The smallest absolute Gasteiger partial charge is 0.387 e. The molecule has 0 radical (unpaired) electrons. The molecule has 146 valence electrons. The highest BCUT2D eigenvalue weighted by Crippen LogP contribution is 2.22. The lowest BCUT2D eigenvalue weighted by Crippen LogP contribution is -2.26. The first-order valence-corrected chi connectivity index (χ1v) is 9.28. The van der Waals surface area contributed by atoms with Crippen LogP contribution in [0.2, 0.25) is 0 Å². The number of carbonyl (C=O) groups excluding carboxylic acids is 1. The highest BCUT2D eigenvalue weighted by Gasteiger charge is 2.17. The monoisotopic (exact) mass is 400 g/mol. The van der Waals surface area contributed by atoms with Gasteiger partial charge in [0.1, 0.15) is 11.5 Å². The predicted molar refractivity (Wildman–Crippen MR) is 93.5 cm³/mol. The topological polar surface area (TPSA) is 108 Å². The van der Waals surface area contributed by atoms with E-state index in [2.05, 4.69) is 10.1 Å². The van der Waals surface area contributed by atoms with Crippen LogP contribution in [0.1, 0.15) is 15.9 Å². The molecule has 0 atom stereocenters. The van der Waals surface area contributed by atoms with Gasteiger partial charge >= 0.3 is 6.61 Å². The highest BCUT2D eigenvalue weighted by molar-refractivity contribution is 7.89. The lowest BCUT2D eigenvalue weighted by Gasteiger charge is -2.11. The van der Waals surface area contributed by atoms with Gasteiger partial charge in [0.25, 0.3) is 5.91 Å². The van der Waals surface area contributed by atoms with Crippen molar-refractivity contribution in [2.45, 2.75) is 17.9 Å². The third kappa shape index (κ3) is 5.90. The second-order valence-corrected chi connectivity index (χ2v) is 7.00. The third-order valence-corrected chi connectivity index (χ3v) is 4.50. The standard InChI is InChI=1S/C17H18F2N2O5S/c1-25-15-7-6-13(27(20,23)24)10-14(15)16(22)21-9-8-11-2-4-12(5-3-11)26-17(18)19/h2-7,10,17H,8-9H2,1H3,(H,21,22)(H2,20,23,24). The van der Waals surface area contributed by atoms with Crippen molar-refractivity contribution in [2.24, 2.45) is 5.14 Å². The fourth-order valence-electron chi connectivity index (χ4n) is 2.29. The van der Waals surface area contributed by atoms with E-state index in [1.165, 1.54) is 31.4 Å². The Morgan fingerprint density at radius 1 is 1.19 bits per heavy atom. The first-order valence-electron chi connectivity index (χ1n) is 7.73. The summed E-state index contributed by atoms with van der Waals surface area (Å²) in [6, 6.07) is 9.74. The molecule has 1 amide bonds. The van der Waals surface area contributed by atoms with Gasteiger partial charge in [-0.2, -0.15) is 8.78 Å². The Labute approximate surface area is 155 Å². The molecule has 0 bridgehead atoms. The SMILES string of the molecule is COc1ccc(S(N)(=O)=O)cc1C(=O)NCCc1ccc(OC(F)F)cc1. The van der Waals surface area contributed by atoms with Crippen LogP contribution in [0.15, 0.2) is 47.4 Å². The normalized spacial score (nSPS) is 11.3. The van der Waals surface area contributed by atoms with E-state index in [4.69, 9.17) is 9.88 Å². The van der Waals surface area contributed by atoms with E-state index >= 15 is 0 Å². The van der Waals surface area contributed by atoms with Crippen LogP contribution in [0.4, 0.5) is 8.78 Å². The van der Waals surface area contributed by atoms with Crippen molar-refractivity contribution in [3.05, 3.63) is 53.6 Å². The van der Waals surface area contributed by atoms with Crippen LogP contribution in [-0.2, 0) is 16.4 Å². The van der Waals surface area contributed by atoms with Gasteiger partial charge in [0, 0.05) is 6.54 Å². The number of amides is 1. The molecule has 0 aromatic heterocycles. The van der Waals surface area contributed by atoms with E-state index < -0.39 is 22.5 Å². The van der Waals surface area contributed by atoms with Gasteiger partial charge in [-0.05, 0) is 42.3 Å². The third-order valence-electron chi connectivity index (χ3n) is 3.59. The average Bonchev–Trinajstić information content (AvgIpc) is 2.61. The van der Waals surface area contributed by atoms with Crippen molar-refractivity contribution < 1.29 is 31.5 Å². The molecular weight excluding hydrogens is 382 g/mol. The summed E-state index contributed by atoms with van der Waals surface area (Å²) in [5.74, 6) is -0.286. The molecule has 0 aliphatic rings. The summed E-state index contributed by atoms with van der Waals surface area (Å²) in [5, 5.41) is 7.72. The summed E-state index contributed by atoms with van der Waals surface area (Å²) >= 11 is 0. The molecule has 27 heavy (non-hydrogen) atoms. The Kier molecular flexibility index (Phi) is 6.70. The zero-order valence-electron chi connectivity index (χ0n) is 14.3. The van der Waals surface area contributed by atoms with Crippen molar-refractivity contribution in [2.75, 3.05) is 13.7 Å². The Balaban J connectivity index is 2.01. The van der Waals surface area contributed by atoms with Crippen molar-refractivity contribution in [1.82, 2.24) is 5.32 Å². The average molecular weight is 400 g/mol. The molecule has 0 saturated heterocycles. The molecule has 2 aromatic rings. The number of ether oxygens (including phenoxy) is 2. The maximum atomic E-state index is 12.3. The Morgan fingerprint density at radius 3 is 2.41 bits per heavy atom. The van der Waals surface area contributed by atoms with Crippen LogP contribution in [0.25, 0.3) is 0 Å². The molecule has 0 heterocycles. The fourth-order valence-corrected chi connectivity index (χ4v) is 2.83. The number of carbonyl (C=O) groups is 1. The minimum absolute atomic E-state index is 0.0321. The molecule has 0 saturated carbocycles. The lowest BCUT2D eigenvalue weighted by atomic mass is 10.1. The summed E-state index contributed by atoms with van der Waals surface area (Å²) in [6.45, 7) is -2.66. The molecular formula is C17H18F2N2O5S. The Bertz CT molecular complexity index is 902. The number of methoxy groups -OCH3 is 1. The van der Waals surface area contributed by atoms with Crippen molar-refractivity contribution in [3.8, 4) is 11.5 Å². The highest BCUT2D eigenvalue weighted by atomic mass is 32.2. The summed E-state index contributed by atoms with van der Waals surface area (Å²) in [4.78, 5) is 12.1. The lowest BCUT2D eigenvalue weighted by molar-refractivity contribution is -0.0498. The molecule has 3 N–H and O–H groups in total. The summed E-state index contributed by atoms with van der Waals surface area (Å²) in [5.41, 5.74) is 0.826. The molecule has 10 heteroatoms. The first kappa shape index (κ1) is 20.6. The van der Waals surface area contributed by atoms with Gasteiger partial charge in [0.05, 0.1) is 17.6 Å². The summed E-state index contributed by atoms with van der Waals surface area (Å²) in [6.07, 6.45) is 0.428. The van der Waals surface area contributed by atoms with Crippen LogP contribution in [0.5, 0.6) is 11.5 Å². The summed E-state index contributed by atoms with van der Waals surface area (Å²) < 4.78 is 56.5. The van der Waals surface area contributed by atoms with Gasteiger partial charge in [-0.25, -0.2) is 13.6 Å². The van der Waals surface area contributed by atoms with E-state index in [1.54, 1.807) is 12.1 Å². The van der Waals surface area contributed by atoms with Crippen LogP contribution >= 0.6 is 0 Å². The van der Waals surface area contributed by atoms with E-state index in [1.807, 2.05) is 0 Å². The number of benzene rings is 2. The molecule has 2 rings (SSSR count). The van der Waals surface area contributed by atoms with Gasteiger partial charge in [0.2, 0.25) is 10.0 Å². The minimum atomic E-state index is -3.96. The number of hydrogen-bond donors (Lipinski definition) is 2. The zero-order chi connectivity index (χ0) is 20.0. The van der Waals surface area contributed by atoms with Crippen LogP contribution in [0.3, 0.4) is 0 Å². The largest absolute Gasteiger partial charge is 0.496 e.